The van der Waals surface area contributed by atoms with E-state index < -0.39 is 0 Å². The van der Waals surface area contributed by atoms with Crippen molar-refractivity contribution in [3.8, 4) is 0 Å². The molecule has 0 spiro atoms. The van der Waals surface area contributed by atoms with Gasteiger partial charge in [0.05, 0.1) is 12.7 Å². The van der Waals surface area contributed by atoms with Crippen molar-refractivity contribution >= 4 is 0 Å². The summed E-state index contributed by atoms with van der Waals surface area (Å²) in [6, 6.07) is 0.439. The third-order valence-corrected chi connectivity index (χ3v) is 2.96. The lowest BCUT2D eigenvalue weighted by Gasteiger charge is -2.19. The average molecular weight is 224 g/mol. The number of rotatable bonds is 4. The van der Waals surface area contributed by atoms with Crippen LogP contribution in [0.3, 0.4) is 0 Å². The third-order valence-electron chi connectivity index (χ3n) is 2.96. The number of hydrogen-bond donors (Lipinski definition) is 1. The first kappa shape index (κ1) is 11.6. The van der Waals surface area contributed by atoms with Crippen molar-refractivity contribution < 1.29 is 9.15 Å². The summed E-state index contributed by atoms with van der Waals surface area (Å²) in [5.41, 5.74) is -0.261. The predicted molar refractivity (Wildman–Crippen MR) is 61.0 cm³/mol. The highest BCUT2D eigenvalue weighted by atomic mass is 16.5. The zero-order chi connectivity index (χ0) is 11.6. The molecule has 1 aliphatic heterocycles. The van der Waals surface area contributed by atoms with Crippen LogP contribution in [0.25, 0.3) is 0 Å². The molecule has 90 valence electrons. The minimum atomic E-state index is -0.261. The molecule has 0 bridgehead atoms. The van der Waals surface area contributed by atoms with Gasteiger partial charge >= 0.3 is 0 Å². The molecule has 1 atom stereocenters. The second kappa shape index (κ2) is 4.55. The summed E-state index contributed by atoms with van der Waals surface area (Å²) >= 11 is 0. The maximum Gasteiger partial charge on any atom is 0.208 e. The monoisotopic (exact) mass is 224 g/mol. The van der Waals surface area contributed by atoms with Gasteiger partial charge in [-0.25, -0.2) is 4.98 Å². The molecular weight excluding hydrogens is 204 g/mol. The minimum Gasteiger partial charge on any atom is -0.441 e. The number of hydrogen-bond acceptors (Lipinski definition) is 4. The van der Waals surface area contributed by atoms with E-state index in [1.807, 2.05) is 0 Å². The first-order valence-corrected chi connectivity index (χ1v) is 5.93. The lowest BCUT2D eigenvalue weighted by atomic mass is 10.0. The Balaban J connectivity index is 2.01. The normalized spacial score (nSPS) is 25.5. The molecule has 2 rings (SSSR count). The largest absolute Gasteiger partial charge is 0.441 e. The summed E-state index contributed by atoms with van der Waals surface area (Å²) < 4.78 is 11.4. The first-order chi connectivity index (χ1) is 7.60. The zero-order valence-electron chi connectivity index (χ0n) is 10.2. The van der Waals surface area contributed by atoms with Gasteiger partial charge in [-0.1, -0.05) is 13.8 Å². The van der Waals surface area contributed by atoms with E-state index in [4.69, 9.17) is 9.15 Å². The van der Waals surface area contributed by atoms with Gasteiger partial charge in [-0.2, -0.15) is 0 Å². The Labute approximate surface area is 96.4 Å². The number of nitrogens with one attached hydrogen (secondary N) is 1. The van der Waals surface area contributed by atoms with Crippen molar-refractivity contribution in [2.45, 2.75) is 51.8 Å². The molecule has 2 heterocycles. The number of aromatic nitrogens is 1. The van der Waals surface area contributed by atoms with E-state index in [0.29, 0.717) is 12.6 Å². The molecule has 0 aliphatic carbocycles. The molecule has 1 aliphatic rings. The molecule has 1 N–H and O–H groups in total. The van der Waals surface area contributed by atoms with Crippen LogP contribution in [0, 0.1) is 0 Å². The summed E-state index contributed by atoms with van der Waals surface area (Å²) in [5, 5.41) is 3.28. The Bertz CT molecular complexity index is 341. The first-order valence-electron chi connectivity index (χ1n) is 5.93. The highest BCUT2D eigenvalue weighted by Crippen LogP contribution is 2.35. The van der Waals surface area contributed by atoms with Crippen LogP contribution in [-0.4, -0.2) is 17.6 Å². The maximum absolute atomic E-state index is 5.72. The highest BCUT2D eigenvalue weighted by Gasteiger charge is 2.35. The van der Waals surface area contributed by atoms with E-state index >= 15 is 0 Å². The van der Waals surface area contributed by atoms with Gasteiger partial charge in [-0.15, -0.1) is 0 Å². The van der Waals surface area contributed by atoms with Crippen LogP contribution >= 0.6 is 0 Å². The maximum atomic E-state index is 5.72. The molecule has 4 heteroatoms. The van der Waals surface area contributed by atoms with E-state index in [2.05, 4.69) is 31.1 Å². The lowest BCUT2D eigenvalue weighted by molar-refractivity contribution is -0.00172. The van der Waals surface area contributed by atoms with Crippen molar-refractivity contribution in [1.82, 2.24) is 10.3 Å². The van der Waals surface area contributed by atoms with Crippen LogP contribution < -0.4 is 5.32 Å². The zero-order valence-corrected chi connectivity index (χ0v) is 10.2. The smallest absolute Gasteiger partial charge is 0.208 e. The van der Waals surface area contributed by atoms with Crippen LogP contribution in [0.15, 0.2) is 10.6 Å². The molecule has 16 heavy (non-hydrogen) atoms. The third kappa shape index (κ3) is 2.44. The van der Waals surface area contributed by atoms with Crippen molar-refractivity contribution in [3.05, 3.63) is 17.8 Å². The van der Waals surface area contributed by atoms with Crippen LogP contribution in [0.2, 0.25) is 0 Å². The predicted octanol–water partition coefficient (Wildman–Crippen LogP) is 2.20. The summed E-state index contributed by atoms with van der Waals surface area (Å²) in [6.45, 7) is 7.77. The van der Waals surface area contributed by atoms with E-state index in [-0.39, 0.29) is 5.60 Å². The van der Waals surface area contributed by atoms with Crippen LogP contribution in [0.4, 0.5) is 0 Å². The Hall–Kier alpha value is -0.870. The molecule has 0 aromatic carbocycles. The fraction of sp³-hybridized carbons (Fsp3) is 0.750. The van der Waals surface area contributed by atoms with Gasteiger partial charge in [0, 0.05) is 12.6 Å². The van der Waals surface area contributed by atoms with Gasteiger partial charge in [0.25, 0.3) is 0 Å². The minimum absolute atomic E-state index is 0.261. The average Bonchev–Trinajstić information content (AvgIpc) is 2.84. The van der Waals surface area contributed by atoms with Crippen molar-refractivity contribution in [1.29, 1.82) is 0 Å². The molecular formula is C12H20N2O2. The fourth-order valence-electron chi connectivity index (χ4n) is 1.90. The van der Waals surface area contributed by atoms with Crippen molar-refractivity contribution in [3.63, 3.8) is 0 Å². The number of ether oxygens (including phenoxy) is 1. The van der Waals surface area contributed by atoms with Gasteiger partial charge in [-0.3, -0.25) is 0 Å². The van der Waals surface area contributed by atoms with E-state index in [0.717, 1.165) is 31.1 Å². The van der Waals surface area contributed by atoms with E-state index in [9.17, 15) is 0 Å². The molecule has 1 saturated heterocycles. The summed E-state index contributed by atoms with van der Waals surface area (Å²) in [5.74, 6) is 1.59. The molecule has 1 fully saturated rings. The Kier molecular flexibility index (Phi) is 3.30. The molecule has 1 aromatic rings. The molecule has 0 radical (unpaired) electrons. The van der Waals surface area contributed by atoms with E-state index in [1.165, 1.54) is 0 Å². The summed E-state index contributed by atoms with van der Waals surface area (Å²) in [6.07, 6.45) is 3.90. The second-order valence-corrected chi connectivity index (χ2v) is 4.84. The Morgan fingerprint density at radius 3 is 3.00 bits per heavy atom. The topological polar surface area (TPSA) is 47.3 Å². The van der Waals surface area contributed by atoms with Gasteiger partial charge in [0.15, 0.2) is 5.76 Å². The van der Waals surface area contributed by atoms with Crippen molar-refractivity contribution in [2.75, 3.05) is 6.61 Å². The standard InChI is InChI=1S/C12H20N2O2/c1-9(2)13-8-11-14-7-10(16-11)12(3)5-4-6-15-12/h7,9,13H,4-6,8H2,1-3H3. The Morgan fingerprint density at radius 2 is 2.38 bits per heavy atom. The second-order valence-electron chi connectivity index (χ2n) is 4.84. The molecule has 1 aromatic heterocycles. The van der Waals surface area contributed by atoms with Crippen LogP contribution in [-0.2, 0) is 16.9 Å². The summed E-state index contributed by atoms with van der Waals surface area (Å²) in [4.78, 5) is 4.27. The Morgan fingerprint density at radius 1 is 1.56 bits per heavy atom. The molecule has 1 unspecified atom stereocenters. The SMILES string of the molecule is CC(C)NCc1ncc(C2(C)CCCO2)o1. The molecule has 0 saturated carbocycles. The quantitative estimate of drug-likeness (QED) is 0.851. The highest BCUT2D eigenvalue weighted by molar-refractivity contribution is 5.07. The van der Waals surface area contributed by atoms with Crippen LogP contribution in [0.1, 0.15) is 45.3 Å². The molecule has 0 amide bonds. The summed E-state index contributed by atoms with van der Waals surface area (Å²) in [7, 11) is 0. The van der Waals surface area contributed by atoms with Gasteiger partial charge in [0.1, 0.15) is 5.60 Å². The molecule has 4 nitrogen and oxygen atoms in total. The van der Waals surface area contributed by atoms with Gasteiger partial charge in [-0.05, 0) is 19.8 Å². The lowest BCUT2D eigenvalue weighted by Crippen LogP contribution is -2.22. The number of nitrogens with zero attached hydrogens (tertiary/aromatic N) is 1. The van der Waals surface area contributed by atoms with Crippen LogP contribution in [0.5, 0.6) is 0 Å². The van der Waals surface area contributed by atoms with Gasteiger partial charge < -0.3 is 14.5 Å². The van der Waals surface area contributed by atoms with Crippen molar-refractivity contribution in [2.24, 2.45) is 0 Å². The fourth-order valence-corrected chi connectivity index (χ4v) is 1.90. The van der Waals surface area contributed by atoms with E-state index in [1.54, 1.807) is 6.20 Å². The number of oxazole rings is 1. The van der Waals surface area contributed by atoms with Gasteiger partial charge in [0.2, 0.25) is 5.89 Å².